The Balaban J connectivity index is 0.00000747. The summed E-state index contributed by atoms with van der Waals surface area (Å²) >= 11 is 0. The predicted octanol–water partition coefficient (Wildman–Crippen LogP) is 16.1. The van der Waals surface area contributed by atoms with E-state index in [4.69, 9.17) is 30.6 Å². The molecule has 2 saturated carbocycles. The van der Waals surface area contributed by atoms with Crippen molar-refractivity contribution in [3.63, 3.8) is 0 Å². The molecule has 0 bridgehead atoms. The molecule has 5 heteroatoms. The van der Waals surface area contributed by atoms with Crippen molar-refractivity contribution >= 4 is 21.9 Å². The first-order chi connectivity index (χ1) is 34.2. The average molecular weight is 1020 g/mol. The summed E-state index contributed by atoms with van der Waals surface area (Å²) in [6, 6.07) is 26.3. The van der Waals surface area contributed by atoms with Gasteiger partial charge >= 0.3 is 21.1 Å². The second kappa shape index (κ2) is 16.5. The zero-order chi connectivity index (χ0) is 53.9. The van der Waals surface area contributed by atoms with Gasteiger partial charge in [0.15, 0.2) is 0 Å². The van der Waals surface area contributed by atoms with Crippen LogP contribution in [0.25, 0.3) is 55.6 Å². The minimum Gasteiger partial charge on any atom is -0.501 e. The maximum Gasteiger partial charge on any atom is 2.00 e. The number of hydrogen-bond donors (Lipinski definition) is 0. The van der Waals surface area contributed by atoms with Crippen LogP contribution >= 0.6 is 0 Å². The molecule has 4 aromatic carbocycles. The van der Waals surface area contributed by atoms with Crippen LogP contribution in [-0.4, -0.2) is 9.97 Å². The second-order valence-corrected chi connectivity index (χ2v) is 19.7. The fraction of sp³-hybridized carbons (Fsp3) is 0.404. The number of benzene rings is 4. The van der Waals surface area contributed by atoms with Crippen molar-refractivity contribution in [3.05, 3.63) is 131 Å². The van der Waals surface area contributed by atoms with E-state index in [1.165, 1.54) is 24.3 Å². The molecular formula is C57H62N2O2Pt. The van der Waals surface area contributed by atoms with E-state index in [0.717, 1.165) is 55.8 Å². The maximum atomic E-state index is 10.1. The first-order valence-electron chi connectivity index (χ1n) is 27.9. The summed E-state index contributed by atoms with van der Waals surface area (Å²) in [4.78, 5) is 9.36. The van der Waals surface area contributed by atoms with Gasteiger partial charge in [-0.15, -0.1) is 11.6 Å². The zero-order valence-electron chi connectivity index (χ0n) is 49.5. The summed E-state index contributed by atoms with van der Waals surface area (Å²) in [6.07, 6.45) is 8.31. The second-order valence-electron chi connectivity index (χ2n) is 19.7. The maximum absolute atomic E-state index is 10.1. The first kappa shape index (κ1) is 30.5. The van der Waals surface area contributed by atoms with Crippen LogP contribution in [0.2, 0.25) is 0 Å². The third kappa shape index (κ3) is 8.46. The van der Waals surface area contributed by atoms with Crippen LogP contribution < -0.4 is 4.74 Å². The van der Waals surface area contributed by atoms with Crippen LogP contribution in [0, 0.1) is 74.5 Å². The number of pyridine rings is 2. The Kier molecular flexibility index (Phi) is 8.15. The SMILES string of the molecule is [2H]C([2H])([2H])c1ccc2c(c1)oc1c(-c3cc(C4CCC(C)(C5([2H])CC(C)(C)CC(C)(C)C5)CC4C)c(C)cn3)[c-]c(Oc3[c-]c(-c4cc(C([2H])([2H])[2H])c(C([2H])([2H])[2H])cn4)cc(-c4ccccc4)c3C([2H])([2H])[2H])cc12.[Pt+2]. The summed E-state index contributed by atoms with van der Waals surface area (Å²) in [6.45, 7) is 5.07. The summed E-state index contributed by atoms with van der Waals surface area (Å²) in [5, 5.41) is 1.08. The molecule has 2 fully saturated rings. The number of fused-ring (bicyclic) bond motifs is 3. The van der Waals surface area contributed by atoms with Crippen molar-refractivity contribution in [2.24, 2.45) is 28.1 Å². The van der Waals surface area contributed by atoms with Crippen molar-refractivity contribution in [2.45, 2.75) is 120 Å². The third-order valence-corrected chi connectivity index (χ3v) is 13.5. The standard InChI is InChI=1S/C57H62N2O2.Pt/c1-34-17-18-45-48-25-43(60-52-24-41(50-22-35(2)37(4)31-58-50)23-47(39(52)6)40-15-13-12-14-16-40)26-49(54(48)61-53(45)21-34)51-27-46(38(5)32-59-51)44-19-20-57(11,28-36(44)3)42-29-55(7,8)33-56(9,10)30-42;/h12-18,21-23,25,27,31-32,36,42,44H,19-20,28-30,33H2,1-11H3;/q-2;+2/i1D3,2D3,4D3,6D3,42D;. The number of nitrogens with zero attached hydrogens (tertiary/aromatic N) is 2. The van der Waals surface area contributed by atoms with E-state index < -0.39 is 44.4 Å². The molecule has 2 aliphatic rings. The Morgan fingerprint density at radius 2 is 1.55 bits per heavy atom. The van der Waals surface area contributed by atoms with E-state index in [1.54, 1.807) is 42.5 Å². The molecule has 0 aliphatic heterocycles. The van der Waals surface area contributed by atoms with Crippen LogP contribution in [0.5, 0.6) is 11.5 Å². The van der Waals surface area contributed by atoms with Gasteiger partial charge in [-0.1, -0.05) is 149 Å². The quantitative estimate of drug-likeness (QED) is 0.149. The minimum absolute atomic E-state index is 0. The molecule has 9 rings (SSSR count). The minimum atomic E-state index is -2.84. The fourth-order valence-corrected chi connectivity index (χ4v) is 11.0. The van der Waals surface area contributed by atoms with Gasteiger partial charge in [0.1, 0.15) is 5.58 Å². The Morgan fingerprint density at radius 1 is 0.790 bits per heavy atom. The molecule has 7 aromatic rings. The average Bonchev–Trinajstić information content (AvgIpc) is 3.64. The van der Waals surface area contributed by atoms with E-state index in [2.05, 4.69) is 71.6 Å². The number of aromatic nitrogens is 2. The van der Waals surface area contributed by atoms with Gasteiger partial charge in [-0.3, -0.25) is 0 Å². The summed E-state index contributed by atoms with van der Waals surface area (Å²) < 4.78 is 123. The molecule has 0 amide bonds. The van der Waals surface area contributed by atoms with E-state index >= 15 is 0 Å². The van der Waals surface area contributed by atoms with Crippen molar-refractivity contribution in [2.75, 3.05) is 0 Å². The molecule has 3 unspecified atom stereocenters. The van der Waals surface area contributed by atoms with Gasteiger partial charge in [-0.05, 0) is 145 Å². The zero-order valence-corrected chi connectivity index (χ0v) is 38.8. The topological polar surface area (TPSA) is 48.2 Å². The van der Waals surface area contributed by atoms with Crippen LogP contribution in [0.4, 0.5) is 0 Å². The number of furan rings is 1. The summed E-state index contributed by atoms with van der Waals surface area (Å²) in [5.74, 6) is -0.388. The van der Waals surface area contributed by atoms with Gasteiger partial charge in [0.2, 0.25) is 0 Å². The molecule has 0 spiro atoms. The predicted molar refractivity (Wildman–Crippen MR) is 252 cm³/mol. The fourth-order valence-electron chi connectivity index (χ4n) is 11.0. The Morgan fingerprint density at radius 3 is 2.27 bits per heavy atom. The number of rotatable bonds is 7. The van der Waals surface area contributed by atoms with Crippen LogP contribution in [0.3, 0.4) is 0 Å². The van der Waals surface area contributed by atoms with Gasteiger partial charge in [0.25, 0.3) is 0 Å². The summed E-state index contributed by atoms with van der Waals surface area (Å²) in [5.41, 5.74) is 3.46. The molecule has 4 nitrogen and oxygen atoms in total. The van der Waals surface area contributed by atoms with Crippen LogP contribution in [0.15, 0.2) is 89.6 Å². The normalized spacial score (nSPS) is 25.6. The molecular weight excluding hydrogens is 940 g/mol. The van der Waals surface area contributed by atoms with E-state index in [-0.39, 0.29) is 88.6 Å². The molecule has 0 N–H and O–H groups in total. The molecule has 3 heterocycles. The van der Waals surface area contributed by atoms with Crippen LogP contribution in [-0.2, 0) is 21.1 Å². The smallest absolute Gasteiger partial charge is 0.501 e. The van der Waals surface area contributed by atoms with Gasteiger partial charge < -0.3 is 19.1 Å². The van der Waals surface area contributed by atoms with Crippen LogP contribution in [0.1, 0.15) is 137 Å². The Hall–Kier alpha value is -4.53. The molecule has 62 heavy (non-hydrogen) atoms. The summed E-state index contributed by atoms with van der Waals surface area (Å²) in [7, 11) is 0. The van der Waals surface area contributed by atoms with Gasteiger partial charge in [-0.2, -0.15) is 0 Å². The molecule has 2 aliphatic carbocycles. The molecule has 3 atom stereocenters. The van der Waals surface area contributed by atoms with Crippen molar-refractivity contribution in [3.8, 4) is 45.1 Å². The number of aryl methyl sites for hydroxylation is 4. The van der Waals surface area contributed by atoms with Crippen molar-refractivity contribution < 1.29 is 48.0 Å². The third-order valence-electron chi connectivity index (χ3n) is 13.5. The Labute approximate surface area is 402 Å². The molecule has 0 saturated heterocycles. The largest absolute Gasteiger partial charge is 2.00 e. The van der Waals surface area contributed by atoms with Gasteiger partial charge in [0, 0.05) is 47.1 Å². The first-order valence-corrected chi connectivity index (χ1v) is 21.4. The number of ether oxygens (including phenoxy) is 1. The van der Waals surface area contributed by atoms with E-state index in [9.17, 15) is 1.37 Å². The molecule has 322 valence electrons. The van der Waals surface area contributed by atoms with Crippen molar-refractivity contribution in [1.29, 1.82) is 0 Å². The van der Waals surface area contributed by atoms with Crippen molar-refractivity contribution in [1.82, 2.24) is 9.97 Å². The molecule has 0 radical (unpaired) electrons. The molecule has 3 aromatic heterocycles. The van der Waals surface area contributed by atoms with Gasteiger partial charge in [-0.25, -0.2) is 0 Å². The number of hydrogen-bond acceptors (Lipinski definition) is 4. The monoisotopic (exact) mass is 1010 g/mol. The van der Waals surface area contributed by atoms with E-state index in [0.29, 0.717) is 38.8 Å². The van der Waals surface area contributed by atoms with E-state index in [1.807, 2.05) is 6.20 Å². The van der Waals surface area contributed by atoms with Gasteiger partial charge in [0.05, 0.1) is 5.58 Å². The Bertz CT molecular complexity index is 3290.